The number of hydrogen-bond acceptors (Lipinski definition) is 6. The van der Waals surface area contributed by atoms with E-state index < -0.39 is 11.9 Å². The molecule has 2 aromatic carbocycles. The number of carbonyl (C=O) groups excluding carboxylic acids is 1. The molecule has 210 valence electrons. The van der Waals surface area contributed by atoms with Crippen LogP contribution in [0.5, 0.6) is 0 Å². The van der Waals surface area contributed by atoms with Crippen LogP contribution in [0.15, 0.2) is 89.4 Å². The van der Waals surface area contributed by atoms with Crippen LogP contribution in [0.25, 0.3) is 16.5 Å². The van der Waals surface area contributed by atoms with Crippen molar-refractivity contribution in [2.75, 3.05) is 5.73 Å². The Morgan fingerprint density at radius 1 is 1.14 bits per heavy atom. The molecule has 0 spiro atoms. The van der Waals surface area contributed by atoms with Crippen molar-refractivity contribution in [1.82, 2.24) is 29.4 Å². The maximum absolute atomic E-state index is 14.2. The number of benzene rings is 2. The van der Waals surface area contributed by atoms with E-state index >= 15 is 0 Å². The lowest BCUT2D eigenvalue weighted by Gasteiger charge is -2.21. The minimum absolute atomic E-state index is 0.0496. The predicted molar refractivity (Wildman–Crippen MR) is 165 cm³/mol. The quantitative estimate of drug-likeness (QED) is 0.239. The van der Waals surface area contributed by atoms with Crippen LogP contribution in [-0.4, -0.2) is 35.7 Å². The number of aliphatic imine (C=N–C) groups is 1. The minimum atomic E-state index is -0.600. The van der Waals surface area contributed by atoms with Crippen LogP contribution >= 0.6 is 0 Å². The Labute approximate surface area is 242 Å². The van der Waals surface area contributed by atoms with E-state index in [4.69, 9.17) is 5.73 Å². The molecule has 10 nitrogen and oxygen atoms in total. The third-order valence-corrected chi connectivity index (χ3v) is 6.78. The molecule has 0 saturated heterocycles. The lowest BCUT2D eigenvalue weighted by Crippen LogP contribution is -2.32. The van der Waals surface area contributed by atoms with E-state index in [-0.39, 0.29) is 16.9 Å². The van der Waals surface area contributed by atoms with Gasteiger partial charge in [0.15, 0.2) is 11.6 Å². The Bertz CT molecular complexity index is 1980. The van der Waals surface area contributed by atoms with E-state index in [9.17, 15) is 9.59 Å². The summed E-state index contributed by atoms with van der Waals surface area (Å²) in [6, 6.07) is 16.1. The van der Waals surface area contributed by atoms with Gasteiger partial charge in [0.05, 0.1) is 23.2 Å². The predicted octanol–water partition coefficient (Wildman–Crippen LogP) is 4.21. The molecular weight excluding hydrogens is 528 g/mol. The number of nitrogens with one attached hydrogen (secondary N) is 1. The van der Waals surface area contributed by atoms with Gasteiger partial charge in [-0.25, -0.2) is 9.67 Å². The molecule has 1 unspecified atom stereocenters. The number of hydrogen-bond donors (Lipinski definition) is 2. The summed E-state index contributed by atoms with van der Waals surface area (Å²) in [5.41, 5.74) is 9.20. The van der Waals surface area contributed by atoms with Crippen molar-refractivity contribution in [2.24, 2.45) is 19.1 Å². The average Bonchev–Trinajstić information content (AvgIpc) is 3.52. The first-order chi connectivity index (χ1) is 20.2. The molecule has 0 bridgehead atoms. The molecule has 5 rings (SSSR count). The van der Waals surface area contributed by atoms with Gasteiger partial charge in [-0.05, 0) is 49.6 Å². The fraction of sp³-hybridized carbons (Fsp3) is 0.156. The van der Waals surface area contributed by atoms with Crippen molar-refractivity contribution in [2.45, 2.75) is 19.9 Å². The Balaban J connectivity index is 1.63. The van der Waals surface area contributed by atoms with Gasteiger partial charge in [0.2, 0.25) is 0 Å². The van der Waals surface area contributed by atoms with Crippen LogP contribution in [-0.2, 0) is 14.1 Å². The standard InChI is InChI=1S/C32H30N8O2/c1-6-20(2)35-30-28(29(33)37-39(30)5)31(41)36-21(3)26-17-24-12-10-11-23(16-15-22-18-34-38(4)19-22)27(24)32(42)40(26)25-13-8-7-9-14-25/h6-14,17-19,21H,1H2,2-5H3,(H2,33,37)(H,36,41)/b35-20-. The van der Waals surface area contributed by atoms with Gasteiger partial charge in [0, 0.05) is 42.9 Å². The summed E-state index contributed by atoms with van der Waals surface area (Å²) in [5.74, 6) is 6.14. The van der Waals surface area contributed by atoms with E-state index in [0.717, 1.165) is 5.56 Å². The second kappa shape index (κ2) is 11.4. The van der Waals surface area contributed by atoms with Crippen LogP contribution in [0, 0.1) is 11.8 Å². The van der Waals surface area contributed by atoms with Gasteiger partial charge >= 0.3 is 0 Å². The highest BCUT2D eigenvalue weighted by molar-refractivity contribution is 6.04. The fourth-order valence-corrected chi connectivity index (χ4v) is 4.71. The lowest BCUT2D eigenvalue weighted by atomic mass is 10.0. The summed E-state index contributed by atoms with van der Waals surface area (Å²) in [5, 5.41) is 12.5. The summed E-state index contributed by atoms with van der Waals surface area (Å²) in [4.78, 5) is 32.2. The average molecular weight is 559 g/mol. The molecule has 0 radical (unpaired) electrons. The molecule has 0 fully saturated rings. The Kier molecular flexibility index (Phi) is 7.58. The molecule has 0 saturated carbocycles. The molecule has 10 heteroatoms. The van der Waals surface area contributed by atoms with Gasteiger partial charge in [-0.3, -0.25) is 18.8 Å². The van der Waals surface area contributed by atoms with Crippen molar-refractivity contribution in [3.05, 3.63) is 112 Å². The van der Waals surface area contributed by atoms with Crippen LogP contribution < -0.4 is 16.6 Å². The smallest absolute Gasteiger partial charge is 0.264 e. The molecule has 42 heavy (non-hydrogen) atoms. The number of aryl methyl sites for hydroxylation is 2. The van der Waals surface area contributed by atoms with Crippen molar-refractivity contribution in [3.63, 3.8) is 0 Å². The molecule has 0 aliphatic rings. The summed E-state index contributed by atoms with van der Waals surface area (Å²) in [6.07, 6.45) is 5.07. The molecule has 3 aromatic heterocycles. The zero-order chi connectivity index (χ0) is 30.0. The van der Waals surface area contributed by atoms with E-state index in [0.29, 0.717) is 39.2 Å². The second-order valence-corrected chi connectivity index (χ2v) is 9.83. The summed E-state index contributed by atoms with van der Waals surface area (Å²) in [6.45, 7) is 7.31. The second-order valence-electron chi connectivity index (χ2n) is 9.83. The highest BCUT2D eigenvalue weighted by Crippen LogP contribution is 2.27. The molecule has 3 heterocycles. The molecule has 1 amide bonds. The molecule has 3 N–H and O–H groups in total. The molecular formula is C32H30N8O2. The van der Waals surface area contributed by atoms with Crippen LogP contribution in [0.4, 0.5) is 11.6 Å². The Morgan fingerprint density at radius 2 is 1.90 bits per heavy atom. The summed E-state index contributed by atoms with van der Waals surface area (Å²) >= 11 is 0. The van der Waals surface area contributed by atoms with Crippen LogP contribution in [0.2, 0.25) is 0 Å². The largest absolute Gasteiger partial charge is 0.381 e. The summed E-state index contributed by atoms with van der Waals surface area (Å²) < 4.78 is 4.73. The van der Waals surface area contributed by atoms with Crippen molar-refractivity contribution in [1.29, 1.82) is 0 Å². The van der Waals surface area contributed by atoms with Crippen LogP contribution in [0.3, 0.4) is 0 Å². The zero-order valence-electron chi connectivity index (χ0n) is 23.8. The fourth-order valence-electron chi connectivity index (χ4n) is 4.71. The first-order valence-corrected chi connectivity index (χ1v) is 13.2. The molecule has 1 atom stereocenters. The minimum Gasteiger partial charge on any atom is -0.381 e. The topological polar surface area (TPSA) is 125 Å². The highest BCUT2D eigenvalue weighted by atomic mass is 16.2. The van der Waals surface area contributed by atoms with Gasteiger partial charge in [0.25, 0.3) is 11.5 Å². The highest BCUT2D eigenvalue weighted by Gasteiger charge is 2.25. The van der Waals surface area contributed by atoms with Gasteiger partial charge in [0.1, 0.15) is 5.56 Å². The van der Waals surface area contributed by atoms with Crippen molar-refractivity contribution >= 4 is 34.0 Å². The van der Waals surface area contributed by atoms with Crippen LogP contribution in [0.1, 0.15) is 47.1 Å². The van der Waals surface area contributed by atoms with Gasteiger partial charge < -0.3 is 11.1 Å². The number of para-hydroxylation sites is 1. The number of nitrogens with zero attached hydrogens (tertiary/aromatic N) is 6. The Morgan fingerprint density at radius 3 is 2.60 bits per heavy atom. The number of pyridine rings is 1. The maximum Gasteiger partial charge on any atom is 0.264 e. The number of allylic oxidation sites excluding steroid dienone is 1. The van der Waals surface area contributed by atoms with Gasteiger partial charge in [-0.1, -0.05) is 48.8 Å². The van der Waals surface area contributed by atoms with Gasteiger partial charge in [-0.2, -0.15) is 10.2 Å². The Hall–Kier alpha value is -5.69. The van der Waals surface area contributed by atoms with E-state index in [1.165, 1.54) is 4.68 Å². The number of anilines is 1. The maximum atomic E-state index is 14.2. The van der Waals surface area contributed by atoms with Crippen molar-refractivity contribution in [3.8, 4) is 17.5 Å². The number of fused-ring (bicyclic) bond motifs is 1. The SMILES string of the molecule is C=C/C(C)=N\c1c(C(=O)NC(C)c2cc3cccc(C#Cc4cnn(C)c4)c3c(=O)n2-c2ccccc2)c(N)nn1C. The van der Waals surface area contributed by atoms with E-state index in [1.807, 2.05) is 74.8 Å². The number of aromatic nitrogens is 5. The first-order valence-electron chi connectivity index (χ1n) is 13.2. The normalized spacial score (nSPS) is 12.0. The zero-order valence-corrected chi connectivity index (χ0v) is 23.8. The number of nitrogen functional groups attached to an aromatic ring is 1. The molecule has 5 aromatic rings. The number of amides is 1. The number of rotatable bonds is 6. The van der Waals surface area contributed by atoms with Crippen molar-refractivity contribution < 1.29 is 4.79 Å². The lowest BCUT2D eigenvalue weighted by molar-refractivity contribution is 0.0940. The monoisotopic (exact) mass is 558 g/mol. The first kappa shape index (κ1) is 27.9. The van der Waals surface area contributed by atoms with Gasteiger partial charge in [-0.15, -0.1) is 0 Å². The molecule has 0 aliphatic carbocycles. The van der Waals surface area contributed by atoms with E-state index in [1.54, 1.807) is 35.5 Å². The molecule has 0 aliphatic heterocycles. The number of nitrogens with two attached hydrogens (primary N) is 1. The van der Waals surface area contributed by atoms with E-state index in [2.05, 4.69) is 38.9 Å². The number of carbonyl (C=O) groups is 1. The summed E-state index contributed by atoms with van der Waals surface area (Å²) in [7, 11) is 3.49. The third-order valence-electron chi connectivity index (χ3n) is 6.78. The third kappa shape index (κ3) is 5.36.